The average molecular weight is 277 g/mol. The number of rotatable bonds is 4. The third kappa shape index (κ3) is 2.50. The Bertz CT molecular complexity index is 447. The fourth-order valence-corrected chi connectivity index (χ4v) is 3.14. The van der Waals surface area contributed by atoms with Crippen molar-refractivity contribution < 1.29 is 9.47 Å². The lowest BCUT2D eigenvalue weighted by Crippen LogP contribution is -2.60. The molecule has 0 heterocycles. The lowest BCUT2D eigenvalue weighted by atomic mass is 9.60. The largest absolute Gasteiger partial charge is 0.353 e. The molecule has 1 saturated carbocycles. The molecule has 112 valence electrons. The summed E-state index contributed by atoms with van der Waals surface area (Å²) in [6.45, 7) is 7.30. The van der Waals surface area contributed by atoms with Gasteiger partial charge in [0.05, 0.1) is 0 Å². The van der Waals surface area contributed by atoms with Crippen molar-refractivity contribution in [3.63, 3.8) is 0 Å². The molecule has 0 radical (unpaired) electrons. The van der Waals surface area contributed by atoms with Gasteiger partial charge in [0.15, 0.2) is 5.79 Å². The van der Waals surface area contributed by atoms with Gasteiger partial charge in [-0.3, -0.25) is 0 Å². The van der Waals surface area contributed by atoms with Gasteiger partial charge in [-0.2, -0.15) is 0 Å². The van der Waals surface area contributed by atoms with Gasteiger partial charge in [-0.1, -0.05) is 45.0 Å². The second-order valence-electron chi connectivity index (χ2n) is 6.98. The van der Waals surface area contributed by atoms with Crippen molar-refractivity contribution in [2.45, 2.75) is 50.2 Å². The van der Waals surface area contributed by atoms with Crippen LogP contribution in [0.1, 0.15) is 44.7 Å². The zero-order valence-corrected chi connectivity index (χ0v) is 13.3. The lowest BCUT2D eigenvalue weighted by Gasteiger charge is -2.54. The van der Waals surface area contributed by atoms with Crippen LogP contribution < -0.4 is 5.73 Å². The fourth-order valence-electron chi connectivity index (χ4n) is 3.14. The highest BCUT2D eigenvalue weighted by Gasteiger charge is 2.55. The number of benzene rings is 1. The summed E-state index contributed by atoms with van der Waals surface area (Å²) in [6.07, 6.45) is 1.64. The van der Waals surface area contributed by atoms with Gasteiger partial charge in [0, 0.05) is 39.0 Å². The third-order valence-corrected chi connectivity index (χ3v) is 4.71. The van der Waals surface area contributed by atoms with Crippen LogP contribution in [0.4, 0.5) is 0 Å². The van der Waals surface area contributed by atoms with E-state index in [9.17, 15) is 0 Å². The maximum Gasteiger partial charge on any atom is 0.169 e. The fraction of sp³-hybridized carbons (Fsp3) is 0.647. The van der Waals surface area contributed by atoms with E-state index in [4.69, 9.17) is 15.2 Å². The summed E-state index contributed by atoms with van der Waals surface area (Å²) in [7, 11) is 3.40. The van der Waals surface area contributed by atoms with Gasteiger partial charge < -0.3 is 15.2 Å². The summed E-state index contributed by atoms with van der Waals surface area (Å²) in [5.74, 6) is -0.456. The first-order valence-electron chi connectivity index (χ1n) is 7.22. The average Bonchev–Trinajstić information content (AvgIpc) is 2.39. The molecule has 2 rings (SSSR count). The van der Waals surface area contributed by atoms with Crippen molar-refractivity contribution in [3.05, 3.63) is 35.4 Å². The van der Waals surface area contributed by atoms with Crippen LogP contribution >= 0.6 is 0 Å². The monoisotopic (exact) mass is 277 g/mol. The zero-order valence-electron chi connectivity index (χ0n) is 13.3. The van der Waals surface area contributed by atoms with E-state index in [1.54, 1.807) is 14.2 Å². The third-order valence-electron chi connectivity index (χ3n) is 4.71. The molecule has 3 nitrogen and oxygen atoms in total. The number of ether oxygens (including phenoxy) is 2. The molecule has 0 aromatic heterocycles. The molecular weight excluding hydrogens is 250 g/mol. The Labute approximate surface area is 122 Å². The quantitative estimate of drug-likeness (QED) is 0.861. The van der Waals surface area contributed by atoms with Crippen molar-refractivity contribution in [1.29, 1.82) is 0 Å². The van der Waals surface area contributed by atoms with Crippen molar-refractivity contribution in [2.24, 2.45) is 5.73 Å². The van der Waals surface area contributed by atoms with E-state index < -0.39 is 5.79 Å². The number of hydrogen-bond acceptors (Lipinski definition) is 3. The van der Waals surface area contributed by atoms with E-state index in [1.807, 2.05) is 0 Å². The predicted molar refractivity (Wildman–Crippen MR) is 81.9 cm³/mol. The van der Waals surface area contributed by atoms with Crippen LogP contribution in [0.5, 0.6) is 0 Å². The maximum absolute atomic E-state index is 6.04. The van der Waals surface area contributed by atoms with E-state index in [0.29, 0.717) is 6.54 Å². The molecule has 0 aliphatic heterocycles. The Morgan fingerprint density at radius 2 is 1.55 bits per heavy atom. The molecule has 2 N–H and O–H groups in total. The van der Waals surface area contributed by atoms with Gasteiger partial charge in [-0.05, 0) is 16.5 Å². The van der Waals surface area contributed by atoms with Crippen LogP contribution in [0.3, 0.4) is 0 Å². The summed E-state index contributed by atoms with van der Waals surface area (Å²) in [5, 5.41) is 0. The molecule has 0 saturated heterocycles. The van der Waals surface area contributed by atoms with Crippen molar-refractivity contribution >= 4 is 0 Å². The summed E-state index contributed by atoms with van der Waals surface area (Å²) in [6, 6.07) is 8.85. The van der Waals surface area contributed by atoms with E-state index in [2.05, 4.69) is 45.0 Å². The number of methoxy groups -OCH3 is 2. The summed E-state index contributed by atoms with van der Waals surface area (Å²) >= 11 is 0. The lowest BCUT2D eigenvalue weighted by molar-refractivity contribution is -0.277. The van der Waals surface area contributed by atoms with E-state index >= 15 is 0 Å². The maximum atomic E-state index is 6.04. The van der Waals surface area contributed by atoms with Gasteiger partial charge in [0.2, 0.25) is 0 Å². The molecule has 0 unspecified atom stereocenters. The molecule has 1 aliphatic carbocycles. The number of nitrogens with two attached hydrogens (primary N) is 1. The molecule has 0 bridgehead atoms. The highest BCUT2D eigenvalue weighted by molar-refractivity contribution is 5.35. The second kappa shape index (κ2) is 5.14. The van der Waals surface area contributed by atoms with Gasteiger partial charge in [0.25, 0.3) is 0 Å². The molecule has 1 aromatic carbocycles. The summed E-state index contributed by atoms with van der Waals surface area (Å²) in [5.41, 5.74) is 8.84. The second-order valence-corrected chi connectivity index (χ2v) is 6.98. The minimum Gasteiger partial charge on any atom is -0.353 e. The summed E-state index contributed by atoms with van der Waals surface area (Å²) in [4.78, 5) is 0. The molecule has 20 heavy (non-hydrogen) atoms. The Morgan fingerprint density at radius 3 is 1.90 bits per heavy atom. The molecule has 3 heteroatoms. The van der Waals surface area contributed by atoms with E-state index in [1.165, 1.54) is 11.1 Å². The molecule has 0 atom stereocenters. The smallest absolute Gasteiger partial charge is 0.169 e. The predicted octanol–water partition coefficient (Wildman–Crippen LogP) is 2.96. The first-order chi connectivity index (χ1) is 9.31. The molecule has 1 fully saturated rings. The van der Waals surface area contributed by atoms with Gasteiger partial charge in [-0.15, -0.1) is 0 Å². The van der Waals surface area contributed by atoms with Crippen LogP contribution in [-0.4, -0.2) is 26.6 Å². The molecule has 0 spiro atoms. The Kier molecular flexibility index (Phi) is 3.98. The molecule has 0 amide bonds. The van der Waals surface area contributed by atoms with Crippen LogP contribution in [0.15, 0.2) is 24.3 Å². The Balaban J connectivity index is 2.23. The minimum atomic E-state index is -0.456. The standard InChI is InChI=1S/C17H27NO2/c1-15(2,3)13-6-8-14(9-7-13)16(12-18)10-17(11-16,19-4)20-5/h6-9H,10-12,18H2,1-5H3. The van der Waals surface area contributed by atoms with Crippen molar-refractivity contribution in [2.75, 3.05) is 20.8 Å². The summed E-state index contributed by atoms with van der Waals surface area (Å²) < 4.78 is 11.0. The van der Waals surface area contributed by atoms with Crippen LogP contribution in [0.2, 0.25) is 0 Å². The number of hydrogen-bond donors (Lipinski definition) is 1. The molecular formula is C17H27NO2. The van der Waals surface area contributed by atoms with Gasteiger partial charge in [-0.25, -0.2) is 0 Å². The van der Waals surface area contributed by atoms with E-state index in [-0.39, 0.29) is 10.8 Å². The first kappa shape index (κ1) is 15.5. The minimum absolute atomic E-state index is 0.0115. The van der Waals surface area contributed by atoms with Crippen molar-refractivity contribution in [1.82, 2.24) is 0 Å². The van der Waals surface area contributed by atoms with Crippen LogP contribution in [-0.2, 0) is 20.3 Å². The SMILES string of the molecule is COC1(OC)CC(CN)(c2ccc(C(C)(C)C)cc2)C1. The topological polar surface area (TPSA) is 44.5 Å². The molecule has 1 aromatic rings. The van der Waals surface area contributed by atoms with E-state index in [0.717, 1.165) is 12.8 Å². The van der Waals surface area contributed by atoms with Crippen LogP contribution in [0.25, 0.3) is 0 Å². The Morgan fingerprint density at radius 1 is 1.05 bits per heavy atom. The van der Waals surface area contributed by atoms with Crippen LogP contribution in [0, 0.1) is 0 Å². The zero-order chi connectivity index (χ0) is 15.0. The Hall–Kier alpha value is -0.900. The highest BCUT2D eigenvalue weighted by atomic mass is 16.7. The van der Waals surface area contributed by atoms with Crippen molar-refractivity contribution in [3.8, 4) is 0 Å². The first-order valence-corrected chi connectivity index (χ1v) is 7.22. The highest BCUT2D eigenvalue weighted by Crippen LogP contribution is 2.51. The van der Waals surface area contributed by atoms with Gasteiger partial charge >= 0.3 is 0 Å². The normalized spacial score (nSPS) is 20.5. The molecule has 1 aliphatic rings. The van der Waals surface area contributed by atoms with Gasteiger partial charge in [0.1, 0.15) is 0 Å².